The van der Waals surface area contributed by atoms with Gasteiger partial charge in [-0.15, -0.1) is 0 Å². The van der Waals surface area contributed by atoms with E-state index in [2.05, 4.69) is 46.0 Å². The van der Waals surface area contributed by atoms with Crippen LogP contribution in [-0.4, -0.2) is 33.8 Å². The van der Waals surface area contributed by atoms with Gasteiger partial charge in [-0.3, -0.25) is 0 Å². The van der Waals surface area contributed by atoms with E-state index in [0.717, 1.165) is 36.4 Å². The first kappa shape index (κ1) is 13.4. The van der Waals surface area contributed by atoms with E-state index in [0.29, 0.717) is 12.1 Å². The summed E-state index contributed by atoms with van der Waals surface area (Å²) in [5, 5.41) is 4.50. The fraction of sp³-hybridized carbons (Fsp3) is 0.600. The van der Waals surface area contributed by atoms with E-state index >= 15 is 0 Å². The first-order valence-electron chi connectivity index (χ1n) is 7.42. The highest BCUT2D eigenvalue weighted by atomic mass is 16.5. The van der Waals surface area contributed by atoms with Gasteiger partial charge in [-0.05, 0) is 39.2 Å². The normalized spacial score (nSPS) is 15.2. The molecule has 5 nitrogen and oxygen atoms in total. The number of nitrogens with zero attached hydrogens (tertiary/aromatic N) is 3. The molecule has 0 saturated heterocycles. The van der Waals surface area contributed by atoms with Crippen molar-refractivity contribution in [2.75, 3.05) is 18.5 Å². The van der Waals surface area contributed by atoms with Crippen molar-refractivity contribution in [3.8, 4) is 0 Å². The number of rotatable bonds is 7. The zero-order valence-electron chi connectivity index (χ0n) is 12.2. The molecule has 0 bridgehead atoms. The summed E-state index contributed by atoms with van der Waals surface area (Å²) in [6, 6.07) is 2.76. The molecular formula is C15H22N4O. The quantitative estimate of drug-likeness (QED) is 0.789. The maximum Gasteiger partial charge on any atom is 0.145 e. The van der Waals surface area contributed by atoms with Crippen molar-refractivity contribution >= 4 is 16.9 Å². The summed E-state index contributed by atoms with van der Waals surface area (Å²) in [6.07, 6.45) is 7.59. The predicted octanol–water partition coefficient (Wildman–Crippen LogP) is 2.99. The van der Waals surface area contributed by atoms with Crippen LogP contribution in [0.1, 0.15) is 39.2 Å². The second-order valence-electron chi connectivity index (χ2n) is 5.61. The smallest absolute Gasteiger partial charge is 0.145 e. The summed E-state index contributed by atoms with van der Waals surface area (Å²) in [4.78, 5) is 8.77. The van der Waals surface area contributed by atoms with Gasteiger partial charge >= 0.3 is 0 Å². The van der Waals surface area contributed by atoms with Gasteiger partial charge in [0.25, 0.3) is 0 Å². The monoisotopic (exact) mass is 274 g/mol. The molecule has 1 N–H and O–H groups in total. The number of anilines is 1. The fourth-order valence-electron chi connectivity index (χ4n) is 2.36. The van der Waals surface area contributed by atoms with Crippen LogP contribution in [0, 0.1) is 0 Å². The first-order chi connectivity index (χ1) is 9.75. The van der Waals surface area contributed by atoms with Crippen LogP contribution < -0.4 is 5.32 Å². The van der Waals surface area contributed by atoms with E-state index < -0.39 is 0 Å². The van der Waals surface area contributed by atoms with Crippen molar-refractivity contribution in [2.45, 2.75) is 45.3 Å². The molecule has 2 aromatic heterocycles. The molecule has 1 aliphatic carbocycles. The number of hydrogen-bond donors (Lipinski definition) is 1. The minimum Gasteiger partial charge on any atom is -0.379 e. The number of ether oxygens (including phenoxy) is 1. The van der Waals surface area contributed by atoms with Crippen LogP contribution in [0.4, 0.5) is 5.82 Å². The molecule has 5 heteroatoms. The number of hydrogen-bond acceptors (Lipinski definition) is 4. The largest absolute Gasteiger partial charge is 0.379 e. The lowest BCUT2D eigenvalue weighted by molar-refractivity contribution is 0.0787. The lowest BCUT2D eigenvalue weighted by Crippen LogP contribution is -2.10. The van der Waals surface area contributed by atoms with Crippen molar-refractivity contribution < 1.29 is 4.74 Å². The van der Waals surface area contributed by atoms with Gasteiger partial charge in [-0.25, -0.2) is 9.97 Å². The molecule has 0 unspecified atom stereocenters. The Morgan fingerprint density at radius 1 is 1.40 bits per heavy atom. The highest BCUT2D eigenvalue weighted by Gasteiger charge is 2.25. The van der Waals surface area contributed by atoms with Gasteiger partial charge in [0.1, 0.15) is 17.8 Å². The third kappa shape index (κ3) is 2.93. The summed E-state index contributed by atoms with van der Waals surface area (Å²) in [6.45, 7) is 5.76. The zero-order valence-corrected chi connectivity index (χ0v) is 12.2. The van der Waals surface area contributed by atoms with Gasteiger partial charge in [-0.1, -0.05) is 0 Å². The van der Waals surface area contributed by atoms with Crippen LogP contribution in [0.15, 0.2) is 18.6 Å². The maximum atomic E-state index is 5.53. The topological polar surface area (TPSA) is 52.0 Å². The molecule has 3 rings (SSSR count). The molecule has 2 aromatic rings. The molecule has 1 aliphatic rings. The molecule has 1 fully saturated rings. The Labute approximate surface area is 119 Å². The minimum atomic E-state index is 0.299. The van der Waals surface area contributed by atoms with E-state index in [-0.39, 0.29) is 0 Å². The Morgan fingerprint density at radius 3 is 3.00 bits per heavy atom. The van der Waals surface area contributed by atoms with Gasteiger partial charge in [-0.2, -0.15) is 0 Å². The Kier molecular flexibility index (Phi) is 3.87. The van der Waals surface area contributed by atoms with Crippen LogP contribution in [0.25, 0.3) is 11.0 Å². The van der Waals surface area contributed by atoms with Crippen molar-refractivity contribution in [3.63, 3.8) is 0 Å². The second kappa shape index (κ2) is 5.79. The highest BCUT2D eigenvalue weighted by molar-refractivity contribution is 5.87. The predicted molar refractivity (Wildman–Crippen MR) is 80.0 cm³/mol. The molecule has 1 saturated carbocycles. The Balaban J connectivity index is 1.63. The lowest BCUT2D eigenvalue weighted by Gasteiger charge is -2.09. The fourth-order valence-corrected chi connectivity index (χ4v) is 2.36. The van der Waals surface area contributed by atoms with Crippen LogP contribution in [0.2, 0.25) is 0 Å². The Bertz CT molecular complexity index is 574. The highest BCUT2D eigenvalue weighted by Crippen LogP contribution is 2.37. The molecular weight excluding hydrogens is 252 g/mol. The standard InChI is InChI=1S/C15H22N4O/c1-11(2)20-9-3-7-16-14-13-6-8-19(12-4-5-12)15(13)18-10-17-14/h6,8,10-12H,3-5,7,9H2,1-2H3,(H,16,17,18). The van der Waals surface area contributed by atoms with Gasteiger partial charge in [0.2, 0.25) is 0 Å². The molecule has 108 valence electrons. The van der Waals surface area contributed by atoms with E-state index in [1.165, 1.54) is 12.8 Å². The molecule has 0 atom stereocenters. The average molecular weight is 274 g/mol. The average Bonchev–Trinajstić information content (AvgIpc) is 3.18. The maximum absolute atomic E-state index is 5.53. The molecule has 0 aromatic carbocycles. The van der Waals surface area contributed by atoms with Crippen molar-refractivity contribution in [3.05, 3.63) is 18.6 Å². The van der Waals surface area contributed by atoms with E-state index in [9.17, 15) is 0 Å². The third-order valence-electron chi connectivity index (χ3n) is 3.51. The number of aromatic nitrogens is 3. The Morgan fingerprint density at radius 2 is 2.25 bits per heavy atom. The van der Waals surface area contributed by atoms with Crippen molar-refractivity contribution in [1.82, 2.24) is 14.5 Å². The SMILES string of the molecule is CC(C)OCCCNc1ncnc2c1ccn2C1CC1. The molecule has 0 aliphatic heterocycles. The van der Waals surface area contributed by atoms with Gasteiger partial charge in [0, 0.05) is 25.4 Å². The van der Waals surface area contributed by atoms with Gasteiger partial charge in [0.15, 0.2) is 0 Å². The molecule has 0 spiro atoms. The molecule has 0 amide bonds. The Hall–Kier alpha value is -1.62. The summed E-state index contributed by atoms with van der Waals surface area (Å²) in [7, 11) is 0. The number of fused-ring (bicyclic) bond motifs is 1. The summed E-state index contributed by atoms with van der Waals surface area (Å²) >= 11 is 0. The van der Waals surface area contributed by atoms with Gasteiger partial charge in [0.05, 0.1) is 11.5 Å². The van der Waals surface area contributed by atoms with Crippen LogP contribution in [0.5, 0.6) is 0 Å². The van der Waals surface area contributed by atoms with Crippen LogP contribution >= 0.6 is 0 Å². The van der Waals surface area contributed by atoms with Crippen molar-refractivity contribution in [1.29, 1.82) is 0 Å². The molecule has 0 radical (unpaired) electrons. The van der Waals surface area contributed by atoms with Crippen molar-refractivity contribution in [2.24, 2.45) is 0 Å². The van der Waals surface area contributed by atoms with Crippen LogP contribution in [0.3, 0.4) is 0 Å². The summed E-state index contributed by atoms with van der Waals surface area (Å²) in [5.74, 6) is 0.930. The first-order valence-corrected chi connectivity index (χ1v) is 7.42. The van der Waals surface area contributed by atoms with E-state index in [1.807, 2.05) is 0 Å². The molecule has 20 heavy (non-hydrogen) atoms. The molecule has 2 heterocycles. The lowest BCUT2D eigenvalue weighted by atomic mass is 10.3. The zero-order chi connectivity index (χ0) is 13.9. The number of nitrogens with one attached hydrogen (secondary N) is 1. The minimum absolute atomic E-state index is 0.299. The third-order valence-corrected chi connectivity index (χ3v) is 3.51. The second-order valence-corrected chi connectivity index (χ2v) is 5.61. The van der Waals surface area contributed by atoms with Crippen LogP contribution in [-0.2, 0) is 4.74 Å². The van der Waals surface area contributed by atoms with Gasteiger partial charge < -0.3 is 14.6 Å². The summed E-state index contributed by atoms with van der Waals surface area (Å²) < 4.78 is 7.80. The summed E-state index contributed by atoms with van der Waals surface area (Å²) in [5.41, 5.74) is 1.04. The van der Waals surface area contributed by atoms with E-state index in [4.69, 9.17) is 4.74 Å². The van der Waals surface area contributed by atoms with E-state index in [1.54, 1.807) is 6.33 Å².